The predicted octanol–water partition coefficient (Wildman–Crippen LogP) is 3.41. The molecular formula is C16H26N2O2. The highest BCUT2D eigenvalue weighted by Gasteiger charge is 2.34. The summed E-state index contributed by atoms with van der Waals surface area (Å²) in [6.07, 6.45) is 1.10. The molecule has 0 N–H and O–H groups in total. The summed E-state index contributed by atoms with van der Waals surface area (Å²) in [6, 6.07) is 1.95. The van der Waals surface area contributed by atoms with Crippen LogP contribution in [0.4, 0.5) is 0 Å². The molecule has 2 rings (SSSR count). The van der Waals surface area contributed by atoms with Crippen LogP contribution in [-0.4, -0.2) is 29.1 Å². The zero-order valence-electron chi connectivity index (χ0n) is 13.2. The van der Waals surface area contributed by atoms with Crippen molar-refractivity contribution < 1.29 is 9.32 Å². The Labute approximate surface area is 121 Å². The van der Waals surface area contributed by atoms with Crippen molar-refractivity contribution in [3.8, 4) is 0 Å². The van der Waals surface area contributed by atoms with E-state index < -0.39 is 0 Å². The first-order valence-electron chi connectivity index (χ1n) is 7.65. The molecule has 1 aromatic heterocycles. The maximum atomic E-state index is 12.8. The summed E-state index contributed by atoms with van der Waals surface area (Å²) in [7, 11) is 0. The smallest absolute Gasteiger partial charge is 0.233 e. The van der Waals surface area contributed by atoms with E-state index in [1.165, 1.54) is 0 Å². The van der Waals surface area contributed by atoms with Crippen LogP contribution in [0.3, 0.4) is 0 Å². The molecule has 0 unspecified atom stereocenters. The fourth-order valence-corrected chi connectivity index (χ4v) is 2.79. The molecule has 1 aromatic rings. The van der Waals surface area contributed by atoms with Gasteiger partial charge in [0.1, 0.15) is 11.7 Å². The van der Waals surface area contributed by atoms with Gasteiger partial charge in [-0.15, -0.1) is 0 Å². The van der Waals surface area contributed by atoms with Gasteiger partial charge in [-0.1, -0.05) is 39.8 Å². The summed E-state index contributed by atoms with van der Waals surface area (Å²) in [5.41, 5.74) is 0.924. The van der Waals surface area contributed by atoms with Crippen LogP contribution < -0.4 is 0 Å². The Kier molecular flexibility index (Phi) is 4.51. The third-order valence-electron chi connectivity index (χ3n) is 4.11. The van der Waals surface area contributed by atoms with Gasteiger partial charge in [-0.2, -0.15) is 0 Å². The van der Waals surface area contributed by atoms with E-state index in [0.717, 1.165) is 25.2 Å². The maximum Gasteiger partial charge on any atom is 0.233 e. The van der Waals surface area contributed by atoms with Gasteiger partial charge in [0.05, 0.1) is 5.69 Å². The van der Waals surface area contributed by atoms with E-state index in [1.807, 2.05) is 11.0 Å². The van der Waals surface area contributed by atoms with Crippen molar-refractivity contribution in [2.45, 2.75) is 52.9 Å². The van der Waals surface area contributed by atoms with E-state index in [9.17, 15) is 4.79 Å². The first-order chi connectivity index (χ1) is 9.40. The van der Waals surface area contributed by atoms with Crippen molar-refractivity contribution in [2.24, 2.45) is 11.8 Å². The minimum absolute atomic E-state index is 0.191. The second-order valence-corrected chi connectivity index (χ2v) is 6.71. The first-order valence-corrected chi connectivity index (χ1v) is 7.65. The third-order valence-corrected chi connectivity index (χ3v) is 4.11. The van der Waals surface area contributed by atoms with Crippen LogP contribution in [0.1, 0.15) is 64.3 Å². The monoisotopic (exact) mass is 278 g/mol. The fraction of sp³-hybridized carbons (Fsp3) is 0.750. The van der Waals surface area contributed by atoms with Crippen molar-refractivity contribution >= 4 is 5.91 Å². The Balaban J connectivity index is 2.19. The molecule has 1 fully saturated rings. The Morgan fingerprint density at radius 1 is 1.40 bits per heavy atom. The maximum absolute atomic E-state index is 12.8. The highest BCUT2D eigenvalue weighted by atomic mass is 16.5. The fourth-order valence-electron chi connectivity index (χ4n) is 2.79. The normalized spacial score (nSPS) is 20.9. The molecule has 2 heterocycles. The highest BCUT2D eigenvalue weighted by Crippen LogP contribution is 2.30. The molecule has 1 aliphatic heterocycles. The number of likely N-dealkylation sites (tertiary alicyclic amines) is 1. The van der Waals surface area contributed by atoms with E-state index in [-0.39, 0.29) is 17.7 Å². The van der Waals surface area contributed by atoms with E-state index >= 15 is 0 Å². The molecule has 1 amide bonds. The van der Waals surface area contributed by atoms with Crippen LogP contribution in [0.5, 0.6) is 0 Å². The van der Waals surface area contributed by atoms with Gasteiger partial charge >= 0.3 is 0 Å². The van der Waals surface area contributed by atoms with E-state index in [0.29, 0.717) is 17.6 Å². The van der Waals surface area contributed by atoms with E-state index in [2.05, 4.69) is 39.8 Å². The predicted molar refractivity (Wildman–Crippen MR) is 78.5 cm³/mol. The van der Waals surface area contributed by atoms with Gasteiger partial charge in [0.2, 0.25) is 5.91 Å². The molecule has 1 aliphatic rings. The van der Waals surface area contributed by atoms with Crippen LogP contribution in [0.2, 0.25) is 0 Å². The lowest BCUT2D eigenvalue weighted by Gasteiger charge is -2.24. The Morgan fingerprint density at radius 2 is 2.10 bits per heavy atom. The molecule has 20 heavy (non-hydrogen) atoms. The second-order valence-electron chi connectivity index (χ2n) is 6.71. The van der Waals surface area contributed by atoms with Crippen LogP contribution in [-0.2, 0) is 4.79 Å². The molecule has 0 aliphatic carbocycles. The minimum atomic E-state index is -0.208. The first kappa shape index (κ1) is 15.1. The average Bonchev–Trinajstić information content (AvgIpc) is 2.97. The number of carbonyl (C=O) groups excluding carboxylic acids is 1. The molecule has 0 aromatic carbocycles. The molecule has 1 saturated heterocycles. The van der Waals surface area contributed by atoms with Crippen molar-refractivity contribution in [2.75, 3.05) is 13.1 Å². The lowest BCUT2D eigenvalue weighted by molar-refractivity contribution is -0.133. The lowest BCUT2D eigenvalue weighted by atomic mass is 9.91. The zero-order valence-corrected chi connectivity index (χ0v) is 13.2. The molecule has 0 saturated carbocycles. The van der Waals surface area contributed by atoms with Crippen molar-refractivity contribution in [3.63, 3.8) is 0 Å². The molecular weight excluding hydrogens is 252 g/mol. The molecule has 4 heteroatoms. The molecule has 2 atom stereocenters. The van der Waals surface area contributed by atoms with Crippen LogP contribution >= 0.6 is 0 Å². The second kappa shape index (κ2) is 5.98. The standard InChI is InChI=1S/C16H26N2O2/c1-10(2)13-8-14(20-17-13)15(11(3)4)16(19)18-7-6-12(5)9-18/h8,10-12,15H,6-7,9H2,1-5H3/t12-,15-/m1/s1. The van der Waals surface area contributed by atoms with Crippen LogP contribution in [0.25, 0.3) is 0 Å². The van der Waals surface area contributed by atoms with Crippen molar-refractivity contribution in [1.82, 2.24) is 10.1 Å². The molecule has 0 spiro atoms. The summed E-state index contributed by atoms with van der Waals surface area (Å²) in [6.45, 7) is 12.2. The summed E-state index contributed by atoms with van der Waals surface area (Å²) >= 11 is 0. The average molecular weight is 278 g/mol. The topological polar surface area (TPSA) is 46.3 Å². The number of hydrogen-bond donors (Lipinski definition) is 0. The van der Waals surface area contributed by atoms with Crippen molar-refractivity contribution in [1.29, 1.82) is 0 Å². The highest BCUT2D eigenvalue weighted by molar-refractivity contribution is 5.83. The number of amides is 1. The number of aromatic nitrogens is 1. The van der Waals surface area contributed by atoms with Crippen LogP contribution in [0.15, 0.2) is 10.6 Å². The third kappa shape index (κ3) is 3.05. The zero-order chi connectivity index (χ0) is 14.9. The summed E-state index contributed by atoms with van der Waals surface area (Å²) < 4.78 is 5.46. The SMILES string of the molecule is CC(C)c1cc([C@H](C(=O)N2CC[C@@H](C)C2)C(C)C)on1. The van der Waals surface area contributed by atoms with Gasteiger partial charge in [-0.3, -0.25) is 4.79 Å². The van der Waals surface area contributed by atoms with E-state index in [1.54, 1.807) is 0 Å². The van der Waals surface area contributed by atoms with Crippen molar-refractivity contribution in [3.05, 3.63) is 17.5 Å². The molecule has 0 bridgehead atoms. The van der Waals surface area contributed by atoms with Gasteiger partial charge in [-0.05, 0) is 24.2 Å². The van der Waals surface area contributed by atoms with E-state index in [4.69, 9.17) is 4.52 Å². The van der Waals surface area contributed by atoms with Gasteiger partial charge in [0.25, 0.3) is 0 Å². The van der Waals surface area contributed by atoms with Gasteiger partial charge in [-0.25, -0.2) is 0 Å². The number of rotatable bonds is 4. The van der Waals surface area contributed by atoms with Crippen LogP contribution in [0, 0.1) is 11.8 Å². The molecule has 0 radical (unpaired) electrons. The Hall–Kier alpha value is -1.32. The molecule has 112 valence electrons. The Bertz CT molecular complexity index is 465. The molecule has 4 nitrogen and oxygen atoms in total. The van der Waals surface area contributed by atoms with Gasteiger partial charge < -0.3 is 9.42 Å². The van der Waals surface area contributed by atoms with Gasteiger partial charge in [0.15, 0.2) is 0 Å². The minimum Gasteiger partial charge on any atom is -0.360 e. The van der Waals surface area contributed by atoms with Gasteiger partial charge in [0, 0.05) is 19.2 Å². The largest absolute Gasteiger partial charge is 0.360 e. The summed E-state index contributed by atoms with van der Waals surface area (Å²) in [5.74, 6) is 1.84. The Morgan fingerprint density at radius 3 is 2.55 bits per heavy atom. The summed E-state index contributed by atoms with van der Waals surface area (Å²) in [5, 5.41) is 4.10. The quantitative estimate of drug-likeness (QED) is 0.848. The number of nitrogens with zero attached hydrogens (tertiary/aromatic N) is 2. The summed E-state index contributed by atoms with van der Waals surface area (Å²) in [4.78, 5) is 14.7. The lowest BCUT2D eigenvalue weighted by Crippen LogP contribution is -2.35. The number of hydrogen-bond acceptors (Lipinski definition) is 3. The number of carbonyl (C=O) groups is 1.